The van der Waals surface area contributed by atoms with E-state index in [2.05, 4.69) is 10.3 Å². The fourth-order valence-corrected chi connectivity index (χ4v) is 2.31. The van der Waals surface area contributed by atoms with Crippen LogP contribution in [0, 0.1) is 0 Å². The molecule has 0 aliphatic carbocycles. The zero-order valence-corrected chi connectivity index (χ0v) is 10.7. The van der Waals surface area contributed by atoms with Crippen LogP contribution < -0.4 is 10.2 Å². The molecule has 0 saturated heterocycles. The number of nitrogens with zero attached hydrogens (tertiary/aromatic N) is 2. The molecule has 2 aliphatic rings. The molecule has 2 heterocycles. The Morgan fingerprint density at radius 2 is 2.25 bits per heavy atom. The average Bonchev–Trinajstić information content (AvgIpc) is 3.06. The lowest BCUT2D eigenvalue weighted by Gasteiger charge is -2.19. The van der Waals surface area contributed by atoms with Gasteiger partial charge in [-0.05, 0) is 12.1 Å². The number of carbonyl (C=O) groups is 2. The van der Waals surface area contributed by atoms with Gasteiger partial charge in [-0.15, -0.1) is 0 Å². The summed E-state index contributed by atoms with van der Waals surface area (Å²) in [7, 11) is 0. The van der Waals surface area contributed by atoms with Crippen LogP contribution in [-0.2, 0) is 4.79 Å². The summed E-state index contributed by atoms with van der Waals surface area (Å²) in [5, 5.41) is 2.57. The Hall–Kier alpha value is -2.69. The van der Waals surface area contributed by atoms with Crippen LogP contribution in [0.2, 0.25) is 0 Å². The summed E-state index contributed by atoms with van der Waals surface area (Å²) >= 11 is 0. The van der Waals surface area contributed by atoms with Gasteiger partial charge in [-0.3, -0.25) is 9.79 Å². The molecule has 0 aromatic heterocycles. The minimum absolute atomic E-state index is 0.0199. The average molecular weight is 267 g/mol. The van der Waals surface area contributed by atoms with Gasteiger partial charge in [0.15, 0.2) is 0 Å². The Balaban J connectivity index is 1.89. The number of fused-ring (bicyclic) bond motifs is 1. The van der Waals surface area contributed by atoms with Crippen molar-refractivity contribution in [3.05, 3.63) is 53.4 Å². The van der Waals surface area contributed by atoms with E-state index in [4.69, 9.17) is 0 Å². The van der Waals surface area contributed by atoms with Crippen molar-refractivity contribution in [3.63, 3.8) is 0 Å². The Morgan fingerprint density at radius 3 is 3.05 bits per heavy atom. The highest BCUT2D eigenvalue weighted by Gasteiger charge is 2.23. The second-order valence-electron chi connectivity index (χ2n) is 4.54. The molecule has 1 N–H and O–H groups in total. The van der Waals surface area contributed by atoms with Crippen LogP contribution in [0.15, 0.2) is 52.8 Å². The molecule has 0 atom stereocenters. The standard InChI is InChI=1S/C15H13N3O2/c19-6-5-17-15(20)13-3-1-2-4-14(13)18-9-11-7-16-8-12(11)10-18/h1-4,6-9H,5,10H2,(H,17,20). The van der Waals surface area contributed by atoms with E-state index in [1.165, 1.54) is 0 Å². The number of aldehydes is 1. The molecule has 0 unspecified atom stereocenters. The molecule has 20 heavy (non-hydrogen) atoms. The Kier molecular flexibility index (Phi) is 3.16. The van der Waals surface area contributed by atoms with Crippen molar-refractivity contribution in [2.75, 3.05) is 18.0 Å². The van der Waals surface area contributed by atoms with Gasteiger partial charge < -0.3 is 15.0 Å². The molecular weight excluding hydrogens is 254 g/mol. The molecule has 5 heteroatoms. The molecule has 1 aromatic rings. The molecule has 2 aliphatic heterocycles. The molecule has 0 spiro atoms. The number of benzene rings is 1. The van der Waals surface area contributed by atoms with E-state index in [-0.39, 0.29) is 12.5 Å². The number of hydrogen-bond donors (Lipinski definition) is 1. The molecule has 1 amide bonds. The maximum Gasteiger partial charge on any atom is 0.253 e. The maximum absolute atomic E-state index is 12.1. The van der Waals surface area contributed by atoms with Crippen LogP contribution in [-0.4, -0.2) is 31.5 Å². The van der Waals surface area contributed by atoms with E-state index < -0.39 is 0 Å². The van der Waals surface area contributed by atoms with Crippen LogP contribution in [0.4, 0.5) is 5.69 Å². The van der Waals surface area contributed by atoms with Crippen LogP contribution in [0.25, 0.3) is 0 Å². The zero-order valence-electron chi connectivity index (χ0n) is 10.7. The van der Waals surface area contributed by atoms with Gasteiger partial charge in [0, 0.05) is 36.3 Å². The number of anilines is 1. The van der Waals surface area contributed by atoms with Gasteiger partial charge in [0.25, 0.3) is 5.91 Å². The quantitative estimate of drug-likeness (QED) is 0.836. The second-order valence-corrected chi connectivity index (χ2v) is 4.54. The first-order chi connectivity index (χ1) is 9.79. The van der Waals surface area contributed by atoms with Gasteiger partial charge in [-0.25, -0.2) is 0 Å². The SMILES string of the molecule is O=CCNC(=O)c1ccccc1N1C=C2C=NC=C2C1. The van der Waals surface area contributed by atoms with Crippen molar-refractivity contribution in [1.29, 1.82) is 0 Å². The van der Waals surface area contributed by atoms with Crippen LogP contribution in [0.5, 0.6) is 0 Å². The first kappa shape index (κ1) is 12.3. The van der Waals surface area contributed by atoms with Gasteiger partial charge in [0.2, 0.25) is 0 Å². The largest absolute Gasteiger partial charge is 0.345 e. The number of carbonyl (C=O) groups excluding carboxylic acids is 2. The smallest absolute Gasteiger partial charge is 0.253 e. The molecule has 0 saturated carbocycles. The van der Waals surface area contributed by atoms with Crippen molar-refractivity contribution < 1.29 is 9.59 Å². The fourth-order valence-electron chi connectivity index (χ4n) is 2.31. The van der Waals surface area contributed by atoms with Crippen LogP contribution >= 0.6 is 0 Å². The normalized spacial score (nSPS) is 15.7. The zero-order chi connectivity index (χ0) is 13.9. The topological polar surface area (TPSA) is 61.8 Å². The molecular formula is C15H13N3O2. The molecule has 0 radical (unpaired) electrons. The van der Waals surface area contributed by atoms with Crippen molar-refractivity contribution >= 4 is 24.1 Å². The number of rotatable bonds is 4. The third kappa shape index (κ3) is 2.14. The highest BCUT2D eigenvalue weighted by Crippen LogP contribution is 2.30. The van der Waals surface area contributed by atoms with Gasteiger partial charge in [-0.1, -0.05) is 12.1 Å². The lowest BCUT2D eigenvalue weighted by molar-refractivity contribution is -0.107. The number of nitrogens with one attached hydrogen (secondary N) is 1. The van der Waals surface area contributed by atoms with E-state index in [0.717, 1.165) is 16.8 Å². The Bertz CT molecular complexity index is 659. The van der Waals surface area contributed by atoms with Crippen molar-refractivity contribution in [3.8, 4) is 0 Å². The van der Waals surface area contributed by atoms with Gasteiger partial charge >= 0.3 is 0 Å². The lowest BCUT2D eigenvalue weighted by Crippen LogP contribution is -2.27. The third-order valence-corrected chi connectivity index (χ3v) is 3.25. The number of amides is 1. The van der Waals surface area contributed by atoms with Crippen molar-refractivity contribution in [2.24, 2.45) is 4.99 Å². The van der Waals surface area contributed by atoms with Gasteiger partial charge in [-0.2, -0.15) is 0 Å². The lowest BCUT2D eigenvalue weighted by atomic mass is 10.1. The summed E-state index contributed by atoms with van der Waals surface area (Å²) in [4.78, 5) is 28.5. The summed E-state index contributed by atoms with van der Waals surface area (Å²) in [5.74, 6) is -0.245. The highest BCUT2D eigenvalue weighted by molar-refractivity contribution is 6.01. The maximum atomic E-state index is 12.1. The van der Waals surface area contributed by atoms with E-state index in [9.17, 15) is 9.59 Å². The Labute approximate surface area is 116 Å². The van der Waals surface area contributed by atoms with Crippen molar-refractivity contribution in [2.45, 2.75) is 0 Å². The molecule has 100 valence electrons. The van der Waals surface area contributed by atoms with Crippen molar-refractivity contribution in [1.82, 2.24) is 5.32 Å². The number of para-hydroxylation sites is 1. The molecule has 3 rings (SSSR count). The minimum Gasteiger partial charge on any atom is -0.345 e. The second kappa shape index (κ2) is 5.13. The highest BCUT2D eigenvalue weighted by atomic mass is 16.2. The third-order valence-electron chi connectivity index (χ3n) is 3.25. The minimum atomic E-state index is -0.245. The van der Waals surface area contributed by atoms with E-state index in [1.54, 1.807) is 6.07 Å². The first-order valence-corrected chi connectivity index (χ1v) is 6.31. The number of hydrogen-bond acceptors (Lipinski definition) is 4. The number of aliphatic imine (C=N–C) groups is 1. The monoisotopic (exact) mass is 267 g/mol. The molecule has 1 aromatic carbocycles. The van der Waals surface area contributed by atoms with Crippen LogP contribution in [0.1, 0.15) is 10.4 Å². The molecule has 5 nitrogen and oxygen atoms in total. The summed E-state index contributed by atoms with van der Waals surface area (Å²) in [5.41, 5.74) is 3.61. The van der Waals surface area contributed by atoms with Gasteiger partial charge in [0.05, 0.1) is 17.8 Å². The van der Waals surface area contributed by atoms with Gasteiger partial charge in [0.1, 0.15) is 6.29 Å². The predicted molar refractivity (Wildman–Crippen MR) is 76.8 cm³/mol. The summed E-state index contributed by atoms with van der Waals surface area (Å²) < 4.78 is 0. The van der Waals surface area contributed by atoms with E-state index >= 15 is 0 Å². The fraction of sp³-hybridized carbons (Fsp3) is 0.133. The summed E-state index contributed by atoms with van der Waals surface area (Å²) in [6.45, 7) is 0.722. The summed E-state index contributed by atoms with van der Waals surface area (Å²) in [6, 6.07) is 7.35. The summed E-state index contributed by atoms with van der Waals surface area (Å²) in [6.07, 6.45) is 6.30. The first-order valence-electron chi connectivity index (χ1n) is 6.31. The molecule has 0 bridgehead atoms. The molecule has 0 fully saturated rings. The van der Waals surface area contributed by atoms with E-state index in [0.29, 0.717) is 18.4 Å². The predicted octanol–water partition coefficient (Wildman–Crippen LogP) is 1.29. The van der Waals surface area contributed by atoms with Crippen LogP contribution in [0.3, 0.4) is 0 Å². The van der Waals surface area contributed by atoms with E-state index in [1.807, 2.05) is 41.7 Å². The Morgan fingerprint density at radius 1 is 1.40 bits per heavy atom.